The largest absolute Gasteiger partial charge is 0.340 e. The highest BCUT2D eigenvalue weighted by Crippen LogP contribution is 2.40. The second kappa shape index (κ2) is 10.2. The van der Waals surface area contributed by atoms with E-state index in [9.17, 15) is 9.18 Å². The summed E-state index contributed by atoms with van der Waals surface area (Å²) in [4.78, 5) is 19.5. The van der Waals surface area contributed by atoms with Gasteiger partial charge in [-0.15, -0.1) is 0 Å². The molecule has 39 heavy (non-hydrogen) atoms. The number of amides is 1. The van der Waals surface area contributed by atoms with Gasteiger partial charge < -0.3 is 10.2 Å². The summed E-state index contributed by atoms with van der Waals surface area (Å²) < 4.78 is 16.4. The molecule has 8 heteroatoms. The van der Waals surface area contributed by atoms with Crippen molar-refractivity contribution in [1.29, 1.82) is 0 Å². The SMILES string of the molecule is Cc1cccc(Cl)c1CN(C)C(=O)c1ccc(Nc2cc(-c3ccccc3F)nc3cc(C4CC4)nn23)cc1. The average Bonchev–Trinajstić information content (AvgIpc) is 3.69. The van der Waals surface area contributed by atoms with Crippen LogP contribution in [0.1, 0.15) is 45.9 Å². The normalized spacial score (nSPS) is 13.0. The predicted octanol–water partition coefficient (Wildman–Crippen LogP) is 7.39. The number of aryl methyl sites for hydroxylation is 1. The standard InChI is InChI=1S/C31H27ClFN5O/c1-19-6-5-8-25(32)24(19)18-37(2)31(39)21-12-14-22(15-13-21)34-29-17-28(23-7-3-4-9-26(23)33)35-30-16-27(20-10-11-20)36-38(29)30/h3-9,12-17,20,34H,10-11,18H2,1-2H3. The van der Waals surface area contributed by atoms with Crippen molar-refractivity contribution in [3.05, 3.63) is 112 Å². The van der Waals surface area contributed by atoms with Crippen LogP contribution < -0.4 is 5.32 Å². The van der Waals surface area contributed by atoms with E-state index in [0.717, 1.165) is 35.3 Å². The fourth-order valence-electron chi connectivity index (χ4n) is 4.71. The molecule has 0 saturated heterocycles. The third kappa shape index (κ3) is 5.10. The lowest BCUT2D eigenvalue weighted by atomic mass is 10.1. The van der Waals surface area contributed by atoms with Crippen LogP contribution in [0.25, 0.3) is 16.9 Å². The summed E-state index contributed by atoms with van der Waals surface area (Å²) in [5.74, 6) is 0.681. The van der Waals surface area contributed by atoms with Crippen molar-refractivity contribution in [3.63, 3.8) is 0 Å². The first-order chi connectivity index (χ1) is 18.9. The van der Waals surface area contributed by atoms with E-state index >= 15 is 0 Å². The summed E-state index contributed by atoms with van der Waals surface area (Å²) in [7, 11) is 1.77. The van der Waals surface area contributed by atoms with Crippen molar-refractivity contribution < 1.29 is 9.18 Å². The number of hydrogen-bond donors (Lipinski definition) is 1. The van der Waals surface area contributed by atoms with E-state index in [0.29, 0.717) is 45.8 Å². The average molecular weight is 540 g/mol. The first-order valence-electron chi connectivity index (χ1n) is 12.9. The molecule has 3 aromatic carbocycles. The topological polar surface area (TPSA) is 62.5 Å². The van der Waals surface area contributed by atoms with Crippen molar-refractivity contribution in [2.45, 2.75) is 32.2 Å². The Morgan fingerprint density at radius 3 is 2.56 bits per heavy atom. The van der Waals surface area contributed by atoms with Gasteiger partial charge in [-0.2, -0.15) is 9.61 Å². The summed E-state index contributed by atoms with van der Waals surface area (Å²) in [6.45, 7) is 2.40. The van der Waals surface area contributed by atoms with E-state index in [-0.39, 0.29) is 11.7 Å². The lowest BCUT2D eigenvalue weighted by molar-refractivity contribution is 0.0785. The minimum absolute atomic E-state index is 0.102. The van der Waals surface area contributed by atoms with E-state index in [1.807, 2.05) is 43.3 Å². The molecule has 1 aliphatic carbocycles. The van der Waals surface area contributed by atoms with Gasteiger partial charge in [0, 0.05) is 53.5 Å². The monoisotopic (exact) mass is 539 g/mol. The van der Waals surface area contributed by atoms with Crippen LogP contribution in [0.2, 0.25) is 5.02 Å². The van der Waals surface area contributed by atoms with Crippen LogP contribution in [-0.4, -0.2) is 32.5 Å². The zero-order valence-corrected chi connectivity index (χ0v) is 22.4. The van der Waals surface area contributed by atoms with Gasteiger partial charge in [-0.3, -0.25) is 4.79 Å². The number of nitrogens with one attached hydrogen (secondary N) is 1. The van der Waals surface area contributed by atoms with Crippen molar-refractivity contribution in [2.75, 3.05) is 12.4 Å². The van der Waals surface area contributed by atoms with Gasteiger partial charge >= 0.3 is 0 Å². The highest BCUT2D eigenvalue weighted by atomic mass is 35.5. The number of fused-ring (bicyclic) bond motifs is 1. The molecule has 1 saturated carbocycles. The molecule has 0 bridgehead atoms. The van der Waals surface area contributed by atoms with Gasteiger partial charge in [-0.1, -0.05) is 35.9 Å². The molecule has 196 valence electrons. The number of nitrogens with zero attached hydrogens (tertiary/aromatic N) is 4. The molecule has 2 aromatic heterocycles. The van der Waals surface area contributed by atoms with Gasteiger partial charge in [-0.05, 0) is 73.4 Å². The van der Waals surface area contributed by atoms with E-state index < -0.39 is 0 Å². The summed E-state index contributed by atoms with van der Waals surface area (Å²) >= 11 is 6.37. The van der Waals surface area contributed by atoms with E-state index in [4.69, 9.17) is 21.7 Å². The van der Waals surface area contributed by atoms with Gasteiger partial charge in [-0.25, -0.2) is 9.37 Å². The number of hydrogen-bond acceptors (Lipinski definition) is 4. The minimum atomic E-state index is -0.332. The molecule has 1 aliphatic rings. The van der Waals surface area contributed by atoms with Crippen molar-refractivity contribution in [1.82, 2.24) is 19.5 Å². The van der Waals surface area contributed by atoms with Gasteiger partial charge in [0.15, 0.2) is 5.65 Å². The Hall–Kier alpha value is -4.23. The maximum Gasteiger partial charge on any atom is 0.253 e. The highest BCUT2D eigenvalue weighted by Gasteiger charge is 2.27. The minimum Gasteiger partial charge on any atom is -0.340 e. The van der Waals surface area contributed by atoms with Crippen LogP contribution in [0, 0.1) is 12.7 Å². The van der Waals surface area contributed by atoms with Crippen LogP contribution >= 0.6 is 11.6 Å². The molecule has 1 N–H and O–H groups in total. The second-order valence-corrected chi connectivity index (χ2v) is 10.4. The lowest BCUT2D eigenvalue weighted by Gasteiger charge is -2.20. The number of anilines is 2. The third-order valence-electron chi connectivity index (χ3n) is 7.09. The number of carbonyl (C=O) groups is 1. The smallest absolute Gasteiger partial charge is 0.253 e. The second-order valence-electron chi connectivity index (χ2n) is 10.0. The molecule has 6 nitrogen and oxygen atoms in total. The van der Waals surface area contributed by atoms with Crippen molar-refractivity contribution in [3.8, 4) is 11.3 Å². The van der Waals surface area contributed by atoms with Crippen LogP contribution in [0.4, 0.5) is 15.9 Å². The van der Waals surface area contributed by atoms with Gasteiger partial charge in [0.2, 0.25) is 0 Å². The molecule has 1 fully saturated rings. The summed E-state index contributed by atoms with van der Waals surface area (Å²) in [5.41, 5.74) is 5.91. The van der Waals surface area contributed by atoms with Gasteiger partial charge in [0.1, 0.15) is 11.6 Å². The summed E-state index contributed by atoms with van der Waals surface area (Å²) in [6.07, 6.45) is 2.24. The highest BCUT2D eigenvalue weighted by molar-refractivity contribution is 6.31. The molecule has 0 unspecified atom stereocenters. The molecule has 0 spiro atoms. The maximum absolute atomic E-state index is 14.6. The number of carbonyl (C=O) groups excluding carboxylic acids is 1. The predicted molar refractivity (Wildman–Crippen MR) is 152 cm³/mol. The van der Waals surface area contributed by atoms with Crippen molar-refractivity contribution in [2.24, 2.45) is 0 Å². The Morgan fingerprint density at radius 2 is 1.85 bits per heavy atom. The number of rotatable bonds is 7. The van der Waals surface area contributed by atoms with Gasteiger partial charge in [0.05, 0.1) is 11.4 Å². The first-order valence-corrected chi connectivity index (χ1v) is 13.3. The fourth-order valence-corrected chi connectivity index (χ4v) is 4.99. The quantitative estimate of drug-likeness (QED) is 0.234. The molecule has 2 heterocycles. The van der Waals surface area contributed by atoms with Crippen LogP contribution in [-0.2, 0) is 6.54 Å². The van der Waals surface area contributed by atoms with E-state index in [2.05, 4.69) is 5.32 Å². The third-order valence-corrected chi connectivity index (χ3v) is 7.44. The molecule has 0 radical (unpaired) electrons. The van der Waals surface area contributed by atoms with Crippen molar-refractivity contribution >= 4 is 34.7 Å². The lowest BCUT2D eigenvalue weighted by Crippen LogP contribution is -2.26. The Morgan fingerprint density at radius 1 is 1.08 bits per heavy atom. The Bertz CT molecular complexity index is 1670. The molecule has 5 aromatic rings. The maximum atomic E-state index is 14.6. The van der Waals surface area contributed by atoms with Crippen LogP contribution in [0.3, 0.4) is 0 Å². The zero-order valence-electron chi connectivity index (χ0n) is 21.7. The molecule has 0 atom stereocenters. The molecule has 6 rings (SSSR count). The molecule has 0 aliphatic heterocycles. The van der Waals surface area contributed by atoms with Crippen LogP contribution in [0.15, 0.2) is 78.9 Å². The number of halogens is 2. The Balaban J connectivity index is 1.27. The molecule has 1 amide bonds. The number of aromatic nitrogens is 3. The van der Waals surface area contributed by atoms with Gasteiger partial charge in [0.25, 0.3) is 5.91 Å². The molecular formula is C31H27ClFN5O. The van der Waals surface area contributed by atoms with E-state index in [1.165, 1.54) is 6.07 Å². The molecular weight excluding hydrogens is 513 g/mol. The van der Waals surface area contributed by atoms with E-state index in [1.54, 1.807) is 52.9 Å². The summed E-state index contributed by atoms with van der Waals surface area (Å²) in [5, 5.41) is 8.82. The number of benzene rings is 3. The Kier molecular flexibility index (Phi) is 6.53. The zero-order chi connectivity index (χ0) is 27.1. The fraction of sp³-hybridized carbons (Fsp3) is 0.194. The first kappa shape index (κ1) is 25.1. The summed E-state index contributed by atoms with van der Waals surface area (Å²) in [6, 6.07) is 23.4. The Labute approximate surface area is 231 Å². The van der Waals surface area contributed by atoms with Crippen LogP contribution in [0.5, 0.6) is 0 Å².